The largest absolute Gasteiger partial charge is 0.495 e. The van der Waals surface area contributed by atoms with Gasteiger partial charge in [0.1, 0.15) is 5.75 Å². The second-order valence-electron chi connectivity index (χ2n) is 4.34. The number of rotatable bonds is 2. The van der Waals surface area contributed by atoms with Crippen molar-refractivity contribution in [3.63, 3.8) is 0 Å². The van der Waals surface area contributed by atoms with Gasteiger partial charge in [-0.2, -0.15) is 0 Å². The normalized spacial score (nSPS) is 17.9. The Morgan fingerprint density at radius 3 is 2.53 bits per heavy atom. The lowest BCUT2D eigenvalue weighted by Crippen LogP contribution is -2.32. The molecule has 82 valence electrons. The van der Waals surface area contributed by atoms with E-state index in [9.17, 15) is 0 Å². The first-order valence-electron chi connectivity index (χ1n) is 5.69. The van der Waals surface area contributed by atoms with Crippen molar-refractivity contribution in [3.05, 3.63) is 24.3 Å². The Labute approximate surface area is 91.9 Å². The maximum atomic E-state index is 5.38. The topological polar surface area (TPSA) is 12.5 Å². The van der Waals surface area contributed by atoms with Crippen molar-refractivity contribution in [2.24, 2.45) is 5.92 Å². The highest BCUT2D eigenvalue weighted by molar-refractivity contribution is 5.58. The molecule has 1 aliphatic rings. The Hall–Kier alpha value is -1.18. The van der Waals surface area contributed by atoms with Gasteiger partial charge in [0.2, 0.25) is 0 Å². The van der Waals surface area contributed by atoms with Gasteiger partial charge in [0, 0.05) is 13.1 Å². The van der Waals surface area contributed by atoms with E-state index in [1.165, 1.54) is 18.5 Å². The third kappa shape index (κ3) is 2.25. The van der Waals surface area contributed by atoms with Crippen molar-refractivity contribution in [2.45, 2.75) is 19.8 Å². The van der Waals surface area contributed by atoms with Crippen LogP contribution in [0.3, 0.4) is 0 Å². The molecule has 1 aliphatic heterocycles. The van der Waals surface area contributed by atoms with E-state index < -0.39 is 0 Å². The monoisotopic (exact) mass is 205 g/mol. The van der Waals surface area contributed by atoms with E-state index in [0.717, 1.165) is 24.8 Å². The van der Waals surface area contributed by atoms with Crippen molar-refractivity contribution in [3.8, 4) is 5.75 Å². The molecule has 0 N–H and O–H groups in total. The minimum Gasteiger partial charge on any atom is -0.495 e. The van der Waals surface area contributed by atoms with Gasteiger partial charge in [-0.05, 0) is 30.9 Å². The molecule has 1 aromatic carbocycles. The average Bonchev–Trinajstić information content (AvgIpc) is 2.30. The number of ether oxygens (including phenoxy) is 1. The van der Waals surface area contributed by atoms with Gasteiger partial charge in [0.05, 0.1) is 12.8 Å². The van der Waals surface area contributed by atoms with Gasteiger partial charge in [-0.3, -0.25) is 0 Å². The zero-order valence-electron chi connectivity index (χ0n) is 9.57. The molecule has 2 nitrogen and oxygen atoms in total. The zero-order valence-corrected chi connectivity index (χ0v) is 9.57. The van der Waals surface area contributed by atoms with Gasteiger partial charge in [-0.1, -0.05) is 19.1 Å². The first-order chi connectivity index (χ1) is 7.31. The molecule has 0 aliphatic carbocycles. The summed E-state index contributed by atoms with van der Waals surface area (Å²) in [6, 6.07) is 8.28. The van der Waals surface area contributed by atoms with Crippen LogP contribution in [0, 0.1) is 5.92 Å². The Balaban J connectivity index is 2.15. The van der Waals surface area contributed by atoms with Crippen LogP contribution < -0.4 is 9.64 Å². The predicted octanol–water partition coefficient (Wildman–Crippen LogP) is 2.93. The number of para-hydroxylation sites is 2. The summed E-state index contributed by atoms with van der Waals surface area (Å²) in [6.45, 7) is 4.64. The van der Waals surface area contributed by atoms with Gasteiger partial charge < -0.3 is 9.64 Å². The van der Waals surface area contributed by atoms with Gasteiger partial charge in [0.25, 0.3) is 0 Å². The molecule has 2 heteroatoms. The first kappa shape index (κ1) is 10.3. The molecule has 0 radical (unpaired) electrons. The van der Waals surface area contributed by atoms with E-state index in [0.29, 0.717) is 0 Å². The Bertz CT molecular complexity index is 316. The molecule has 1 aromatic rings. The van der Waals surface area contributed by atoms with Crippen LogP contribution in [0.5, 0.6) is 5.75 Å². The summed E-state index contributed by atoms with van der Waals surface area (Å²) >= 11 is 0. The van der Waals surface area contributed by atoms with E-state index in [1.807, 2.05) is 12.1 Å². The molecule has 15 heavy (non-hydrogen) atoms. The summed E-state index contributed by atoms with van der Waals surface area (Å²) in [7, 11) is 1.74. The quantitative estimate of drug-likeness (QED) is 0.736. The molecule has 0 spiro atoms. The van der Waals surface area contributed by atoms with Crippen molar-refractivity contribution in [1.29, 1.82) is 0 Å². The molecule has 1 heterocycles. The Morgan fingerprint density at radius 1 is 1.20 bits per heavy atom. The molecule has 0 amide bonds. The molecule has 2 rings (SSSR count). The summed E-state index contributed by atoms with van der Waals surface area (Å²) in [5.41, 5.74) is 1.24. The zero-order chi connectivity index (χ0) is 10.7. The van der Waals surface area contributed by atoms with Gasteiger partial charge in [-0.15, -0.1) is 0 Å². The average molecular weight is 205 g/mol. The van der Waals surface area contributed by atoms with Crippen LogP contribution in [0.4, 0.5) is 5.69 Å². The number of piperidine rings is 1. The SMILES string of the molecule is COc1ccccc1N1CCC(C)CC1. The molecule has 0 unspecified atom stereocenters. The second-order valence-corrected chi connectivity index (χ2v) is 4.34. The lowest BCUT2D eigenvalue weighted by Gasteiger charge is -2.32. The van der Waals surface area contributed by atoms with Crippen molar-refractivity contribution < 1.29 is 4.74 Å². The number of methoxy groups -OCH3 is 1. The highest BCUT2D eigenvalue weighted by Gasteiger charge is 2.18. The third-order valence-electron chi connectivity index (χ3n) is 3.21. The van der Waals surface area contributed by atoms with E-state index in [4.69, 9.17) is 4.74 Å². The summed E-state index contributed by atoms with van der Waals surface area (Å²) in [6.07, 6.45) is 2.58. The van der Waals surface area contributed by atoms with Crippen LogP contribution >= 0.6 is 0 Å². The fraction of sp³-hybridized carbons (Fsp3) is 0.538. The maximum Gasteiger partial charge on any atom is 0.142 e. The maximum absolute atomic E-state index is 5.38. The van der Waals surface area contributed by atoms with E-state index >= 15 is 0 Å². The predicted molar refractivity (Wildman–Crippen MR) is 63.6 cm³/mol. The standard InChI is InChI=1S/C13H19NO/c1-11-7-9-14(10-8-11)12-5-3-4-6-13(12)15-2/h3-6,11H,7-10H2,1-2H3. The summed E-state index contributed by atoms with van der Waals surface area (Å²) < 4.78 is 5.38. The Kier molecular flexibility index (Phi) is 3.14. The van der Waals surface area contributed by atoms with Crippen LogP contribution in [-0.2, 0) is 0 Å². The summed E-state index contributed by atoms with van der Waals surface area (Å²) in [4.78, 5) is 2.43. The van der Waals surface area contributed by atoms with E-state index in [2.05, 4.69) is 24.0 Å². The number of hydrogen-bond donors (Lipinski definition) is 0. The number of hydrogen-bond acceptors (Lipinski definition) is 2. The van der Waals surface area contributed by atoms with Crippen LogP contribution in [0.15, 0.2) is 24.3 Å². The van der Waals surface area contributed by atoms with Gasteiger partial charge in [-0.25, -0.2) is 0 Å². The number of benzene rings is 1. The van der Waals surface area contributed by atoms with Gasteiger partial charge >= 0.3 is 0 Å². The van der Waals surface area contributed by atoms with E-state index in [-0.39, 0.29) is 0 Å². The fourth-order valence-electron chi connectivity index (χ4n) is 2.14. The smallest absolute Gasteiger partial charge is 0.142 e. The summed E-state index contributed by atoms with van der Waals surface area (Å²) in [5.74, 6) is 1.86. The van der Waals surface area contributed by atoms with Crippen molar-refractivity contribution in [2.75, 3.05) is 25.1 Å². The van der Waals surface area contributed by atoms with Crippen molar-refractivity contribution in [1.82, 2.24) is 0 Å². The van der Waals surface area contributed by atoms with Crippen LogP contribution in [-0.4, -0.2) is 20.2 Å². The molecule has 0 atom stereocenters. The molecule has 0 saturated carbocycles. The number of nitrogens with zero attached hydrogens (tertiary/aromatic N) is 1. The molecular formula is C13H19NO. The Morgan fingerprint density at radius 2 is 1.87 bits per heavy atom. The van der Waals surface area contributed by atoms with E-state index in [1.54, 1.807) is 7.11 Å². The van der Waals surface area contributed by atoms with Gasteiger partial charge in [0.15, 0.2) is 0 Å². The molecule has 1 saturated heterocycles. The minimum atomic E-state index is 0.871. The molecule has 0 aromatic heterocycles. The second kappa shape index (κ2) is 4.56. The fourth-order valence-corrected chi connectivity index (χ4v) is 2.14. The highest BCUT2D eigenvalue weighted by Crippen LogP contribution is 2.30. The van der Waals surface area contributed by atoms with Crippen LogP contribution in [0.25, 0.3) is 0 Å². The first-order valence-corrected chi connectivity index (χ1v) is 5.69. The lowest BCUT2D eigenvalue weighted by molar-refractivity contribution is 0.404. The summed E-state index contributed by atoms with van der Waals surface area (Å²) in [5, 5.41) is 0. The number of anilines is 1. The molecule has 0 bridgehead atoms. The van der Waals surface area contributed by atoms with Crippen LogP contribution in [0.2, 0.25) is 0 Å². The van der Waals surface area contributed by atoms with Crippen molar-refractivity contribution >= 4 is 5.69 Å². The lowest BCUT2D eigenvalue weighted by atomic mass is 9.99. The molecule has 1 fully saturated rings. The minimum absolute atomic E-state index is 0.871. The van der Waals surface area contributed by atoms with Crippen LogP contribution in [0.1, 0.15) is 19.8 Å². The molecular weight excluding hydrogens is 186 g/mol. The highest BCUT2D eigenvalue weighted by atomic mass is 16.5. The third-order valence-corrected chi connectivity index (χ3v) is 3.21.